The van der Waals surface area contributed by atoms with Gasteiger partial charge >= 0.3 is 0 Å². The van der Waals surface area contributed by atoms with Crippen molar-refractivity contribution in [2.45, 2.75) is 51.9 Å². The second kappa shape index (κ2) is 10.6. The highest BCUT2D eigenvalue weighted by Gasteiger charge is 2.24. The third kappa shape index (κ3) is 6.05. The molecule has 1 aliphatic heterocycles. The number of anilines is 1. The van der Waals surface area contributed by atoms with Gasteiger partial charge in [-0.05, 0) is 69.8 Å². The summed E-state index contributed by atoms with van der Waals surface area (Å²) >= 11 is 0. The van der Waals surface area contributed by atoms with Crippen molar-refractivity contribution in [1.82, 2.24) is 10.2 Å². The maximum Gasteiger partial charge on any atom is 0.251 e. The molecule has 2 aliphatic rings. The summed E-state index contributed by atoms with van der Waals surface area (Å²) < 4.78 is 0. The average Bonchev–Trinajstić information content (AvgIpc) is 3.28. The lowest BCUT2D eigenvalue weighted by Crippen LogP contribution is -2.42. The highest BCUT2D eigenvalue weighted by atomic mass is 16.2. The number of likely N-dealkylation sites (tertiary alicyclic amines) is 1. The maximum absolute atomic E-state index is 12.5. The minimum absolute atomic E-state index is 0.0567. The summed E-state index contributed by atoms with van der Waals surface area (Å²) in [5, 5.41) is 5.97. The molecule has 1 aliphatic carbocycles. The fraction of sp³-hybridized carbons (Fsp3) is 0.609. The van der Waals surface area contributed by atoms with Crippen LogP contribution >= 0.6 is 0 Å². The number of amides is 3. The van der Waals surface area contributed by atoms with Crippen molar-refractivity contribution in [2.24, 2.45) is 17.6 Å². The first-order valence-corrected chi connectivity index (χ1v) is 11.2. The number of carbonyl (C=O) groups excluding carboxylic acids is 3. The predicted molar refractivity (Wildman–Crippen MR) is 117 cm³/mol. The topological polar surface area (TPSA) is 105 Å². The summed E-state index contributed by atoms with van der Waals surface area (Å²) in [4.78, 5) is 38.6. The van der Waals surface area contributed by atoms with Crippen LogP contribution in [0.5, 0.6) is 0 Å². The van der Waals surface area contributed by atoms with Crippen LogP contribution in [0.3, 0.4) is 0 Å². The molecule has 0 spiro atoms. The first-order valence-electron chi connectivity index (χ1n) is 11.2. The Balaban J connectivity index is 1.46. The molecule has 0 aromatic heterocycles. The van der Waals surface area contributed by atoms with Crippen LogP contribution in [0.15, 0.2) is 18.2 Å². The first-order chi connectivity index (χ1) is 14.4. The van der Waals surface area contributed by atoms with Gasteiger partial charge in [-0.3, -0.25) is 14.4 Å². The smallest absolute Gasteiger partial charge is 0.251 e. The molecule has 7 heteroatoms. The van der Waals surface area contributed by atoms with Crippen molar-refractivity contribution >= 4 is 23.4 Å². The summed E-state index contributed by atoms with van der Waals surface area (Å²) in [6, 6.07) is 5.43. The summed E-state index contributed by atoms with van der Waals surface area (Å²) in [6.07, 6.45) is 6.79. The van der Waals surface area contributed by atoms with Crippen LogP contribution in [-0.2, 0) is 9.59 Å². The maximum atomic E-state index is 12.5. The number of nitrogens with zero attached hydrogens (tertiary/aromatic N) is 1. The highest BCUT2D eigenvalue weighted by Crippen LogP contribution is 2.27. The van der Waals surface area contributed by atoms with E-state index in [1.54, 1.807) is 12.1 Å². The molecule has 30 heavy (non-hydrogen) atoms. The number of carbonyl (C=O) groups is 3. The zero-order valence-electron chi connectivity index (χ0n) is 17.9. The predicted octanol–water partition coefficient (Wildman–Crippen LogP) is 2.44. The second-order valence-electron chi connectivity index (χ2n) is 8.65. The van der Waals surface area contributed by atoms with Crippen LogP contribution < -0.4 is 16.4 Å². The molecule has 1 saturated heterocycles. The van der Waals surface area contributed by atoms with Gasteiger partial charge in [-0.2, -0.15) is 0 Å². The van der Waals surface area contributed by atoms with Crippen molar-refractivity contribution in [3.8, 4) is 0 Å². The highest BCUT2D eigenvalue weighted by molar-refractivity contribution is 5.98. The van der Waals surface area contributed by atoms with Gasteiger partial charge in [0.2, 0.25) is 11.8 Å². The van der Waals surface area contributed by atoms with Crippen LogP contribution in [0, 0.1) is 18.8 Å². The molecular formula is C23H34N4O3. The number of hydrogen-bond acceptors (Lipinski definition) is 4. The van der Waals surface area contributed by atoms with Crippen LogP contribution in [-0.4, -0.2) is 48.8 Å². The van der Waals surface area contributed by atoms with Crippen molar-refractivity contribution in [2.75, 3.05) is 31.5 Å². The second-order valence-corrected chi connectivity index (χ2v) is 8.65. The Morgan fingerprint density at radius 3 is 2.57 bits per heavy atom. The molecule has 0 bridgehead atoms. The van der Waals surface area contributed by atoms with Gasteiger partial charge in [0, 0.05) is 30.3 Å². The third-order valence-electron chi connectivity index (χ3n) is 6.33. The van der Waals surface area contributed by atoms with Gasteiger partial charge in [0.05, 0.1) is 5.92 Å². The lowest BCUT2D eigenvalue weighted by molar-refractivity contribution is -0.123. The Kier molecular flexibility index (Phi) is 7.85. The van der Waals surface area contributed by atoms with Crippen molar-refractivity contribution < 1.29 is 14.4 Å². The molecule has 0 unspecified atom stereocenters. The van der Waals surface area contributed by atoms with Crippen molar-refractivity contribution in [3.05, 3.63) is 29.3 Å². The molecule has 3 amide bonds. The summed E-state index contributed by atoms with van der Waals surface area (Å²) in [6.45, 7) is 5.02. The Hall–Kier alpha value is -2.41. The molecule has 1 heterocycles. The normalized spacial score (nSPS) is 20.1. The molecule has 4 N–H and O–H groups in total. The van der Waals surface area contributed by atoms with E-state index in [0.29, 0.717) is 24.3 Å². The van der Waals surface area contributed by atoms with Gasteiger partial charge in [-0.1, -0.05) is 18.9 Å². The quantitative estimate of drug-likeness (QED) is 0.568. The number of rotatable bonds is 8. The lowest BCUT2D eigenvalue weighted by atomic mass is 9.97. The zero-order chi connectivity index (χ0) is 21.5. The fourth-order valence-electron chi connectivity index (χ4n) is 4.42. The average molecular weight is 415 g/mol. The number of aryl methyl sites for hydroxylation is 1. The van der Waals surface area contributed by atoms with E-state index in [-0.39, 0.29) is 29.6 Å². The molecule has 1 aromatic carbocycles. The van der Waals surface area contributed by atoms with E-state index in [1.165, 1.54) is 0 Å². The third-order valence-corrected chi connectivity index (χ3v) is 6.33. The van der Waals surface area contributed by atoms with Gasteiger partial charge < -0.3 is 21.3 Å². The molecule has 0 radical (unpaired) electrons. The molecule has 1 saturated carbocycles. The fourth-order valence-corrected chi connectivity index (χ4v) is 4.42. The van der Waals surface area contributed by atoms with Crippen LogP contribution in [0.25, 0.3) is 0 Å². The monoisotopic (exact) mass is 414 g/mol. The van der Waals surface area contributed by atoms with Gasteiger partial charge in [0.25, 0.3) is 5.91 Å². The van der Waals surface area contributed by atoms with E-state index in [4.69, 9.17) is 5.73 Å². The first kappa shape index (κ1) is 22.3. The Morgan fingerprint density at radius 2 is 1.83 bits per heavy atom. The lowest BCUT2D eigenvalue weighted by Gasteiger charge is -2.31. The number of hydrogen-bond donors (Lipinski definition) is 3. The molecule has 2 fully saturated rings. The molecular weight excluding hydrogens is 380 g/mol. The number of piperidine rings is 1. The zero-order valence-corrected chi connectivity index (χ0v) is 17.9. The molecule has 3 rings (SSSR count). The van der Waals surface area contributed by atoms with Crippen LogP contribution in [0.1, 0.15) is 60.9 Å². The minimum Gasteiger partial charge on any atom is -0.369 e. The van der Waals surface area contributed by atoms with E-state index in [9.17, 15) is 14.4 Å². The Labute approximate surface area is 178 Å². The molecule has 164 valence electrons. The summed E-state index contributed by atoms with van der Waals surface area (Å²) in [7, 11) is 0. The Bertz CT molecular complexity index is 774. The summed E-state index contributed by atoms with van der Waals surface area (Å²) in [5.74, 6) is -0.267. The van der Waals surface area contributed by atoms with Gasteiger partial charge in [0.15, 0.2) is 0 Å². The van der Waals surface area contributed by atoms with Gasteiger partial charge in [-0.25, -0.2) is 0 Å². The van der Waals surface area contributed by atoms with E-state index in [2.05, 4.69) is 15.5 Å². The number of primary amides is 1. The van der Waals surface area contributed by atoms with Gasteiger partial charge in [0.1, 0.15) is 0 Å². The SMILES string of the molecule is Cc1ccc(C(=O)NCCCN2CCC[C@@H](C(N)=O)C2)cc1NC(=O)C1CCCC1. The molecule has 1 aromatic rings. The van der Waals surface area contributed by atoms with E-state index in [0.717, 1.165) is 63.6 Å². The minimum atomic E-state index is -0.219. The van der Waals surface area contributed by atoms with Gasteiger partial charge in [-0.15, -0.1) is 0 Å². The van der Waals surface area contributed by atoms with Crippen molar-refractivity contribution in [3.63, 3.8) is 0 Å². The van der Waals surface area contributed by atoms with Crippen LogP contribution in [0.4, 0.5) is 5.69 Å². The number of nitrogens with one attached hydrogen (secondary N) is 2. The molecule has 7 nitrogen and oxygen atoms in total. The molecule has 1 atom stereocenters. The number of nitrogens with two attached hydrogens (primary N) is 1. The standard InChI is InChI=1S/C23H34N4O3/c1-16-9-10-18(14-20(16)26-23(30)17-6-2-3-7-17)22(29)25-11-5-13-27-12-4-8-19(15-27)21(24)28/h9-10,14,17,19H,2-8,11-13,15H2,1H3,(H2,24,28)(H,25,29)(H,26,30)/t19-/m1/s1. The Morgan fingerprint density at radius 1 is 1.10 bits per heavy atom. The summed E-state index contributed by atoms with van der Waals surface area (Å²) in [5.41, 5.74) is 7.64. The van der Waals surface area contributed by atoms with E-state index in [1.807, 2.05) is 13.0 Å². The van der Waals surface area contributed by atoms with E-state index < -0.39 is 0 Å². The van der Waals surface area contributed by atoms with Crippen molar-refractivity contribution in [1.29, 1.82) is 0 Å². The largest absolute Gasteiger partial charge is 0.369 e. The number of benzene rings is 1. The van der Waals surface area contributed by atoms with E-state index >= 15 is 0 Å². The van der Waals surface area contributed by atoms with Crippen LogP contribution in [0.2, 0.25) is 0 Å².